The SMILES string of the molecule is O=C(c1ccc2ncsc2c1)N(Cc1ccco1)c1nc2ccc(F)cc2s1. The smallest absolute Gasteiger partial charge is 0.260 e. The number of aromatic nitrogens is 2. The van der Waals surface area contributed by atoms with Gasteiger partial charge in [-0.2, -0.15) is 0 Å². The first kappa shape index (κ1) is 17.0. The fourth-order valence-corrected chi connectivity index (χ4v) is 4.63. The first-order chi connectivity index (χ1) is 13.7. The van der Waals surface area contributed by atoms with Crippen molar-refractivity contribution in [2.24, 2.45) is 0 Å². The molecule has 0 atom stereocenters. The second-order valence-corrected chi connectivity index (χ2v) is 8.01. The van der Waals surface area contributed by atoms with Crippen LogP contribution in [0.15, 0.2) is 64.7 Å². The summed E-state index contributed by atoms with van der Waals surface area (Å²) in [5, 5.41) is 0.492. The largest absolute Gasteiger partial charge is 0.467 e. The van der Waals surface area contributed by atoms with E-state index in [1.54, 1.807) is 40.9 Å². The lowest BCUT2D eigenvalue weighted by atomic mass is 10.2. The molecule has 0 N–H and O–H groups in total. The highest BCUT2D eigenvalue weighted by molar-refractivity contribution is 7.22. The number of carbonyl (C=O) groups is 1. The summed E-state index contributed by atoms with van der Waals surface area (Å²) in [4.78, 5) is 23.7. The van der Waals surface area contributed by atoms with Gasteiger partial charge in [0.15, 0.2) is 5.13 Å². The number of carbonyl (C=O) groups excluding carboxylic acids is 1. The van der Waals surface area contributed by atoms with Crippen molar-refractivity contribution in [3.63, 3.8) is 0 Å². The van der Waals surface area contributed by atoms with Gasteiger partial charge in [-0.25, -0.2) is 14.4 Å². The van der Waals surface area contributed by atoms with Gasteiger partial charge in [-0.15, -0.1) is 11.3 Å². The first-order valence-electron chi connectivity index (χ1n) is 8.41. The van der Waals surface area contributed by atoms with Gasteiger partial charge < -0.3 is 4.42 Å². The Morgan fingerprint density at radius 3 is 2.86 bits per heavy atom. The monoisotopic (exact) mass is 409 g/mol. The predicted molar refractivity (Wildman–Crippen MR) is 108 cm³/mol. The highest BCUT2D eigenvalue weighted by Crippen LogP contribution is 2.32. The Morgan fingerprint density at radius 1 is 1.11 bits per heavy atom. The normalized spacial score (nSPS) is 11.3. The highest BCUT2D eigenvalue weighted by atomic mass is 32.1. The second kappa shape index (κ2) is 6.81. The molecule has 5 aromatic rings. The molecule has 5 rings (SSSR count). The van der Waals surface area contributed by atoms with E-state index in [0.29, 0.717) is 26.7 Å². The molecule has 0 spiro atoms. The van der Waals surface area contributed by atoms with Crippen molar-refractivity contribution in [3.8, 4) is 0 Å². The van der Waals surface area contributed by atoms with Crippen molar-refractivity contribution >= 4 is 54.1 Å². The molecule has 28 heavy (non-hydrogen) atoms. The van der Waals surface area contributed by atoms with Gasteiger partial charge in [0, 0.05) is 5.56 Å². The zero-order valence-corrected chi connectivity index (χ0v) is 16.0. The highest BCUT2D eigenvalue weighted by Gasteiger charge is 2.23. The van der Waals surface area contributed by atoms with Gasteiger partial charge in [0.25, 0.3) is 5.91 Å². The standard InChI is InChI=1S/C20H12FN3O2S2/c21-13-4-6-16-18(9-13)28-20(23-16)24(10-14-2-1-7-26-14)19(25)12-3-5-15-17(8-12)27-11-22-15/h1-9,11H,10H2. The van der Waals surface area contributed by atoms with Crippen LogP contribution in [-0.2, 0) is 6.54 Å². The predicted octanol–water partition coefficient (Wildman–Crippen LogP) is 5.49. The maximum absolute atomic E-state index is 13.6. The number of furan rings is 1. The van der Waals surface area contributed by atoms with Crippen molar-refractivity contribution in [1.82, 2.24) is 9.97 Å². The van der Waals surface area contributed by atoms with E-state index in [1.807, 2.05) is 12.1 Å². The zero-order chi connectivity index (χ0) is 19.1. The minimum Gasteiger partial charge on any atom is -0.467 e. The Balaban J connectivity index is 1.58. The number of halogens is 1. The fourth-order valence-electron chi connectivity index (χ4n) is 2.93. The molecule has 0 saturated heterocycles. The number of nitrogens with zero attached hydrogens (tertiary/aromatic N) is 3. The van der Waals surface area contributed by atoms with Crippen LogP contribution in [0.4, 0.5) is 9.52 Å². The molecule has 0 saturated carbocycles. The van der Waals surface area contributed by atoms with Crippen molar-refractivity contribution in [3.05, 3.63) is 77.4 Å². The van der Waals surface area contributed by atoms with E-state index in [9.17, 15) is 9.18 Å². The van der Waals surface area contributed by atoms with E-state index in [-0.39, 0.29) is 18.3 Å². The number of amides is 1. The number of hydrogen-bond acceptors (Lipinski definition) is 6. The molecular weight excluding hydrogens is 397 g/mol. The fraction of sp³-hybridized carbons (Fsp3) is 0.0500. The third-order valence-electron chi connectivity index (χ3n) is 4.29. The van der Waals surface area contributed by atoms with E-state index < -0.39 is 0 Å². The molecule has 8 heteroatoms. The number of fused-ring (bicyclic) bond motifs is 2. The van der Waals surface area contributed by atoms with Crippen LogP contribution in [0.1, 0.15) is 16.1 Å². The molecule has 0 aliphatic heterocycles. The Kier molecular flexibility index (Phi) is 4.14. The van der Waals surface area contributed by atoms with Crippen molar-refractivity contribution in [1.29, 1.82) is 0 Å². The van der Waals surface area contributed by atoms with Crippen LogP contribution in [0.5, 0.6) is 0 Å². The molecule has 0 unspecified atom stereocenters. The Hall–Kier alpha value is -3.10. The lowest BCUT2D eigenvalue weighted by molar-refractivity contribution is 0.0983. The summed E-state index contributed by atoms with van der Waals surface area (Å²) >= 11 is 2.75. The molecular formula is C20H12FN3O2S2. The molecule has 1 amide bonds. The number of benzene rings is 2. The summed E-state index contributed by atoms with van der Waals surface area (Å²) in [6.45, 7) is 0.231. The summed E-state index contributed by atoms with van der Waals surface area (Å²) < 4.78 is 20.6. The van der Waals surface area contributed by atoms with E-state index in [2.05, 4.69) is 9.97 Å². The molecule has 138 valence electrons. The molecule has 5 nitrogen and oxygen atoms in total. The Morgan fingerprint density at radius 2 is 2.00 bits per heavy atom. The van der Waals surface area contributed by atoms with Crippen molar-refractivity contribution < 1.29 is 13.6 Å². The number of rotatable bonds is 4. The number of anilines is 1. The minimum atomic E-state index is -0.331. The van der Waals surface area contributed by atoms with Gasteiger partial charge in [0.1, 0.15) is 11.6 Å². The third-order valence-corrected chi connectivity index (χ3v) is 6.12. The van der Waals surface area contributed by atoms with E-state index in [1.165, 1.54) is 34.8 Å². The molecule has 0 bridgehead atoms. The van der Waals surface area contributed by atoms with Gasteiger partial charge in [-0.05, 0) is 48.5 Å². The molecule has 0 aliphatic carbocycles. The van der Waals surface area contributed by atoms with Gasteiger partial charge in [-0.1, -0.05) is 11.3 Å². The first-order valence-corrected chi connectivity index (χ1v) is 10.1. The lowest BCUT2D eigenvalue weighted by Gasteiger charge is -2.18. The van der Waals surface area contributed by atoms with Crippen molar-refractivity contribution in [2.75, 3.05) is 4.90 Å². The van der Waals surface area contributed by atoms with Crippen LogP contribution < -0.4 is 4.90 Å². The maximum Gasteiger partial charge on any atom is 0.260 e. The lowest BCUT2D eigenvalue weighted by Crippen LogP contribution is -2.30. The van der Waals surface area contributed by atoms with Crippen LogP contribution in [-0.4, -0.2) is 15.9 Å². The summed E-state index contributed by atoms with van der Waals surface area (Å²) in [6, 6.07) is 13.4. The minimum absolute atomic E-state index is 0.203. The summed E-state index contributed by atoms with van der Waals surface area (Å²) in [5.74, 6) is 0.103. The average molecular weight is 409 g/mol. The summed E-state index contributed by atoms with van der Waals surface area (Å²) in [6.07, 6.45) is 1.56. The molecule has 3 aromatic heterocycles. The quantitative estimate of drug-likeness (QED) is 0.394. The van der Waals surface area contributed by atoms with Gasteiger partial charge >= 0.3 is 0 Å². The van der Waals surface area contributed by atoms with Crippen molar-refractivity contribution in [2.45, 2.75) is 6.54 Å². The van der Waals surface area contributed by atoms with Crippen LogP contribution in [0, 0.1) is 5.82 Å². The summed E-state index contributed by atoms with van der Waals surface area (Å²) in [7, 11) is 0. The van der Waals surface area contributed by atoms with Crippen LogP contribution >= 0.6 is 22.7 Å². The van der Waals surface area contributed by atoms with E-state index >= 15 is 0 Å². The third kappa shape index (κ3) is 3.06. The summed E-state index contributed by atoms with van der Waals surface area (Å²) in [5.41, 5.74) is 3.79. The van der Waals surface area contributed by atoms with Crippen LogP contribution in [0.3, 0.4) is 0 Å². The molecule has 2 aromatic carbocycles. The average Bonchev–Trinajstić information content (AvgIpc) is 3.44. The van der Waals surface area contributed by atoms with E-state index in [4.69, 9.17) is 4.42 Å². The van der Waals surface area contributed by atoms with E-state index in [0.717, 1.165) is 10.2 Å². The maximum atomic E-state index is 13.6. The van der Waals surface area contributed by atoms with Gasteiger partial charge in [0.05, 0.1) is 38.8 Å². The molecule has 0 fully saturated rings. The van der Waals surface area contributed by atoms with Crippen LogP contribution in [0.2, 0.25) is 0 Å². The Bertz CT molecular complexity index is 1290. The number of thiazole rings is 2. The van der Waals surface area contributed by atoms with Crippen LogP contribution in [0.25, 0.3) is 20.4 Å². The molecule has 0 radical (unpaired) electrons. The zero-order valence-electron chi connectivity index (χ0n) is 14.3. The molecule has 0 aliphatic rings. The topological polar surface area (TPSA) is 59.2 Å². The van der Waals surface area contributed by atoms with Gasteiger partial charge in [0.2, 0.25) is 0 Å². The van der Waals surface area contributed by atoms with Gasteiger partial charge in [-0.3, -0.25) is 9.69 Å². The number of hydrogen-bond donors (Lipinski definition) is 0. The second-order valence-electron chi connectivity index (χ2n) is 6.11. The molecule has 3 heterocycles. The Labute approximate surface area is 166 Å².